The van der Waals surface area contributed by atoms with Gasteiger partial charge in [0.05, 0.1) is 0 Å². The molecule has 0 radical (unpaired) electrons. The lowest BCUT2D eigenvalue weighted by Crippen LogP contribution is -2.47. The van der Waals surface area contributed by atoms with E-state index in [-0.39, 0.29) is 0 Å². The summed E-state index contributed by atoms with van der Waals surface area (Å²) < 4.78 is 0. The van der Waals surface area contributed by atoms with Crippen LogP contribution in [0, 0.1) is 6.92 Å². The van der Waals surface area contributed by atoms with Crippen LogP contribution in [0.15, 0.2) is 24.3 Å². The molecule has 0 amide bonds. The van der Waals surface area contributed by atoms with Crippen LogP contribution < -0.4 is 10.6 Å². The van der Waals surface area contributed by atoms with Crippen molar-refractivity contribution in [3.63, 3.8) is 0 Å². The third-order valence-corrected chi connectivity index (χ3v) is 3.86. The minimum Gasteiger partial charge on any atom is -0.480 e. The van der Waals surface area contributed by atoms with Crippen molar-refractivity contribution in [2.75, 3.05) is 18.0 Å². The van der Waals surface area contributed by atoms with Crippen LogP contribution in [-0.4, -0.2) is 29.7 Å². The van der Waals surface area contributed by atoms with E-state index in [1.54, 1.807) is 0 Å². The fourth-order valence-corrected chi connectivity index (χ4v) is 2.31. The van der Waals surface area contributed by atoms with Crippen LogP contribution in [0.3, 0.4) is 0 Å². The average molecular weight is 278 g/mol. The summed E-state index contributed by atoms with van der Waals surface area (Å²) in [5.41, 5.74) is 7.23. The first-order valence-corrected chi connectivity index (χ1v) is 7.27. The summed E-state index contributed by atoms with van der Waals surface area (Å²) >= 11 is 0. The molecule has 0 heterocycles. The van der Waals surface area contributed by atoms with E-state index >= 15 is 0 Å². The van der Waals surface area contributed by atoms with E-state index < -0.39 is 11.5 Å². The molecule has 112 valence electrons. The molecule has 1 atom stereocenters. The standard InChI is InChI=1S/C16H26N2O2/c1-4-16(17,15(19)20)10-7-11-18(5-2)14-9-6-8-13(3)12-14/h6,8-9,12H,4-5,7,10-11,17H2,1-3H3,(H,19,20). The molecular weight excluding hydrogens is 252 g/mol. The van der Waals surface area contributed by atoms with E-state index in [9.17, 15) is 4.79 Å². The van der Waals surface area contributed by atoms with Crippen molar-refractivity contribution < 1.29 is 9.90 Å². The lowest BCUT2D eigenvalue weighted by Gasteiger charge is -2.27. The molecule has 20 heavy (non-hydrogen) atoms. The number of rotatable bonds is 8. The Bertz CT molecular complexity index is 448. The zero-order valence-electron chi connectivity index (χ0n) is 12.7. The van der Waals surface area contributed by atoms with Gasteiger partial charge in [-0.3, -0.25) is 4.79 Å². The minimum absolute atomic E-state index is 0.457. The van der Waals surface area contributed by atoms with E-state index in [0.717, 1.165) is 19.5 Å². The number of benzene rings is 1. The summed E-state index contributed by atoms with van der Waals surface area (Å²) in [6.45, 7) is 7.73. The highest BCUT2D eigenvalue weighted by atomic mass is 16.4. The fraction of sp³-hybridized carbons (Fsp3) is 0.562. The van der Waals surface area contributed by atoms with Gasteiger partial charge in [0.2, 0.25) is 0 Å². The summed E-state index contributed by atoms with van der Waals surface area (Å²) in [4.78, 5) is 13.4. The molecule has 0 aliphatic heterocycles. The van der Waals surface area contributed by atoms with E-state index in [0.29, 0.717) is 12.8 Å². The van der Waals surface area contributed by atoms with Crippen molar-refractivity contribution in [3.8, 4) is 0 Å². The van der Waals surface area contributed by atoms with Gasteiger partial charge >= 0.3 is 5.97 Å². The second-order valence-electron chi connectivity index (χ2n) is 5.34. The lowest BCUT2D eigenvalue weighted by atomic mass is 9.91. The van der Waals surface area contributed by atoms with Crippen LogP contribution in [0.4, 0.5) is 5.69 Å². The van der Waals surface area contributed by atoms with Gasteiger partial charge in [-0.15, -0.1) is 0 Å². The summed E-state index contributed by atoms with van der Waals surface area (Å²) in [7, 11) is 0. The number of nitrogens with two attached hydrogens (primary N) is 1. The smallest absolute Gasteiger partial charge is 0.323 e. The van der Waals surface area contributed by atoms with Crippen LogP contribution in [0.1, 0.15) is 38.7 Å². The summed E-state index contributed by atoms with van der Waals surface area (Å²) in [5, 5.41) is 9.17. The van der Waals surface area contributed by atoms with Crippen LogP contribution >= 0.6 is 0 Å². The fourth-order valence-electron chi connectivity index (χ4n) is 2.31. The third-order valence-electron chi connectivity index (χ3n) is 3.86. The van der Waals surface area contributed by atoms with Gasteiger partial charge < -0.3 is 15.7 Å². The Morgan fingerprint density at radius 2 is 2.10 bits per heavy atom. The Hall–Kier alpha value is -1.55. The van der Waals surface area contributed by atoms with Gasteiger partial charge in [-0.2, -0.15) is 0 Å². The number of nitrogens with zero attached hydrogens (tertiary/aromatic N) is 1. The van der Waals surface area contributed by atoms with Gasteiger partial charge in [0, 0.05) is 18.8 Å². The highest BCUT2D eigenvalue weighted by molar-refractivity contribution is 5.78. The van der Waals surface area contributed by atoms with E-state index in [2.05, 4.69) is 36.9 Å². The van der Waals surface area contributed by atoms with Crippen molar-refractivity contribution in [2.45, 2.75) is 45.6 Å². The molecule has 0 spiro atoms. The third kappa shape index (κ3) is 4.23. The molecule has 0 aromatic heterocycles. The number of carboxylic acid groups (broad SMARTS) is 1. The summed E-state index contributed by atoms with van der Waals surface area (Å²) in [6.07, 6.45) is 1.73. The Kier molecular flexibility index (Phi) is 6.02. The second kappa shape index (κ2) is 7.29. The van der Waals surface area contributed by atoms with Crippen molar-refractivity contribution in [2.24, 2.45) is 5.73 Å². The number of aliphatic carboxylic acids is 1. The molecule has 0 saturated carbocycles. The Labute approximate surface area is 121 Å². The number of carbonyl (C=O) groups is 1. The van der Waals surface area contributed by atoms with Gasteiger partial charge in [-0.1, -0.05) is 19.1 Å². The van der Waals surface area contributed by atoms with Crippen LogP contribution in [0.2, 0.25) is 0 Å². The molecule has 0 aliphatic carbocycles. The van der Waals surface area contributed by atoms with Crippen LogP contribution in [-0.2, 0) is 4.79 Å². The maximum Gasteiger partial charge on any atom is 0.323 e. The predicted octanol–water partition coefficient (Wildman–Crippen LogP) is 2.79. The molecular formula is C16H26N2O2. The Morgan fingerprint density at radius 3 is 2.60 bits per heavy atom. The zero-order valence-corrected chi connectivity index (χ0v) is 12.7. The van der Waals surface area contributed by atoms with E-state index in [1.165, 1.54) is 11.3 Å². The molecule has 0 bridgehead atoms. The molecule has 1 rings (SSSR count). The molecule has 4 nitrogen and oxygen atoms in total. The summed E-state index contributed by atoms with van der Waals surface area (Å²) in [6, 6.07) is 8.35. The van der Waals surface area contributed by atoms with Gasteiger partial charge in [-0.05, 0) is 50.8 Å². The van der Waals surface area contributed by atoms with Crippen molar-refractivity contribution in [1.29, 1.82) is 0 Å². The molecule has 4 heteroatoms. The van der Waals surface area contributed by atoms with Crippen LogP contribution in [0.5, 0.6) is 0 Å². The summed E-state index contributed by atoms with van der Waals surface area (Å²) in [5.74, 6) is -0.904. The monoisotopic (exact) mass is 278 g/mol. The maximum atomic E-state index is 11.2. The predicted molar refractivity (Wildman–Crippen MR) is 83.1 cm³/mol. The molecule has 1 aromatic carbocycles. The molecule has 0 aliphatic rings. The highest BCUT2D eigenvalue weighted by Crippen LogP contribution is 2.19. The number of anilines is 1. The van der Waals surface area contributed by atoms with Gasteiger partial charge in [0.25, 0.3) is 0 Å². The normalized spacial score (nSPS) is 13.8. The topological polar surface area (TPSA) is 66.6 Å². The number of carboxylic acids is 1. The average Bonchev–Trinajstić information content (AvgIpc) is 2.43. The van der Waals surface area contributed by atoms with Gasteiger partial charge in [0.1, 0.15) is 5.54 Å². The van der Waals surface area contributed by atoms with Gasteiger partial charge in [-0.25, -0.2) is 0 Å². The van der Waals surface area contributed by atoms with Crippen molar-refractivity contribution in [1.82, 2.24) is 0 Å². The molecule has 1 unspecified atom stereocenters. The molecule has 0 fully saturated rings. The Morgan fingerprint density at radius 1 is 1.40 bits per heavy atom. The largest absolute Gasteiger partial charge is 0.480 e. The Balaban J connectivity index is 2.60. The highest BCUT2D eigenvalue weighted by Gasteiger charge is 2.31. The number of aryl methyl sites for hydroxylation is 1. The first kappa shape index (κ1) is 16.5. The number of hydrogen-bond donors (Lipinski definition) is 2. The van der Waals surface area contributed by atoms with E-state index in [1.807, 2.05) is 13.0 Å². The first-order valence-electron chi connectivity index (χ1n) is 7.27. The maximum absolute atomic E-state index is 11.2. The van der Waals surface area contributed by atoms with Gasteiger partial charge in [0.15, 0.2) is 0 Å². The van der Waals surface area contributed by atoms with Crippen LogP contribution in [0.25, 0.3) is 0 Å². The first-order chi connectivity index (χ1) is 9.42. The van der Waals surface area contributed by atoms with Crippen molar-refractivity contribution >= 4 is 11.7 Å². The SMILES string of the molecule is CCN(CCCC(N)(CC)C(=O)O)c1cccc(C)c1. The molecule has 0 saturated heterocycles. The minimum atomic E-state index is -1.09. The van der Waals surface area contributed by atoms with E-state index in [4.69, 9.17) is 10.8 Å². The second-order valence-corrected chi connectivity index (χ2v) is 5.34. The quantitative estimate of drug-likeness (QED) is 0.767. The number of hydrogen-bond acceptors (Lipinski definition) is 3. The lowest BCUT2D eigenvalue weighted by molar-refractivity contribution is -0.143. The molecule has 1 aromatic rings. The zero-order chi connectivity index (χ0) is 15.2. The molecule has 3 N–H and O–H groups in total. The van der Waals surface area contributed by atoms with Crippen molar-refractivity contribution in [3.05, 3.63) is 29.8 Å².